The van der Waals surface area contributed by atoms with Gasteiger partial charge in [0.15, 0.2) is 0 Å². The van der Waals surface area contributed by atoms with Crippen LogP contribution in [0.3, 0.4) is 0 Å². The highest BCUT2D eigenvalue weighted by atomic mass is 15.2. The van der Waals surface area contributed by atoms with Crippen LogP contribution in [-0.2, 0) is 6.42 Å². The van der Waals surface area contributed by atoms with E-state index in [1.807, 2.05) is 0 Å². The average molecular weight is 232 g/mol. The predicted molar refractivity (Wildman–Crippen MR) is 73.0 cm³/mol. The summed E-state index contributed by atoms with van der Waals surface area (Å²) in [5.41, 5.74) is 7.79. The molecule has 0 aliphatic carbocycles. The van der Waals surface area contributed by atoms with Crippen LogP contribution >= 0.6 is 0 Å². The second-order valence-electron chi connectivity index (χ2n) is 5.63. The Kier molecular flexibility index (Phi) is 3.85. The fraction of sp³-hybridized carbons (Fsp3) is 0.600. The van der Waals surface area contributed by atoms with E-state index in [4.69, 9.17) is 5.73 Å². The number of benzene rings is 1. The van der Waals surface area contributed by atoms with Gasteiger partial charge in [-0.05, 0) is 45.2 Å². The molecule has 2 N–H and O–H groups in total. The van der Waals surface area contributed by atoms with Crippen molar-refractivity contribution < 1.29 is 0 Å². The molecule has 2 heteroatoms. The monoisotopic (exact) mass is 232 g/mol. The normalized spacial score (nSPS) is 24.8. The quantitative estimate of drug-likeness (QED) is 0.867. The van der Waals surface area contributed by atoms with Gasteiger partial charge in [-0.1, -0.05) is 30.3 Å². The first-order valence-corrected chi connectivity index (χ1v) is 6.65. The Morgan fingerprint density at radius 1 is 1.29 bits per heavy atom. The van der Waals surface area contributed by atoms with Crippen molar-refractivity contribution in [3.63, 3.8) is 0 Å². The molecule has 17 heavy (non-hydrogen) atoms. The zero-order valence-electron chi connectivity index (χ0n) is 11.0. The van der Waals surface area contributed by atoms with E-state index in [2.05, 4.69) is 49.1 Å². The molecular formula is C15H24N2. The van der Waals surface area contributed by atoms with Crippen LogP contribution in [0.2, 0.25) is 0 Å². The molecule has 1 atom stereocenters. The van der Waals surface area contributed by atoms with Crippen molar-refractivity contribution in [2.24, 2.45) is 5.73 Å². The summed E-state index contributed by atoms with van der Waals surface area (Å²) in [6, 6.07) is 11.0. The van der Waals surface area contributed by atoms with Gasteiger partial charge < -0.3 is 5.73 Å². The lowest BCUT2D eigenvalue weighted by molar-refractivity contribution is 0.0588. The molecule has 1 aliphatic rings. The van der Waals surface area contributed by atoms with E-state index in [0.717, 1.165) is 19.4 Å². The average Bonchev–Trinajstić information content (AvgIpc) is 2.32. The fourth-order valence-corrected chi connectivity index (χ4v) is 2.69. The number of rotatable bonds is 3. The van der Waals surface area contributed by atoms with Gasteiger partial charge in [-0.2, -0.15) is 0 Å². The Hall–Kier alpha value is -0.860. The third-order valence-electron chi connectivity index (χ3n) is 4.18. The smallest absolute Gasteiger partial charge is 0.0304 e. The lowest BCUT2D eigenvalue weighted by atomic mass is 9.85. The van der Waals surface area contributed by atoms with E-state index in [0.29, 0.717) is 6.04 Å². The molecular weight excluding hydrogens is 208 g/mol. The molecule has 2 rings (SSSR count). The van der Waals surface area contributed by atoms with Crippen LogP contribution in [0.15, 0.2) is 30.3 Å². The van der Waals surface area contributed by atoms with Crippen molar-refractivity contribution >= 4 is 0 Å². The maximum Gasteiger partial charge on any atom is 0.0304 e. The van der Waals surface area contributed by atoms with Gasteiger partial charge in [0.2, 0.25) is 0 Å². The number of likely N-dealkylation sites (tertiary alicyclic amines) is 1. The van der Waals surface area contributed by atoms with Gasteiger partial charge in [-0.3, -0.25) is 4.90 Å². The summed E-state index contributed by atoms with van der Waals surface area (Å²) in [7, 11) is 0. The highest BCUT2D eigenvalue weighted by molar-refractivity contribution is 5.15. The molecule has 0 radical (unpaired) electrons. The van der Waals surface area contributed by atoms with Gasteiger partial charge >= 0.3 is 0 Å². The number of piperidine rings is 1. The Morgan fingerprint density at radius 3 is 2.71 bits per heavy atom. The topological polar surface area (TPSA) is 29.3 Å². The van der Waals surface area contributed by atoms with E-state index in [9.17, 15) is 0 Å². The molecule has 0 aromatic heterocycles. The summed E-state index contributed by atoms with van der Waals surface area (Å²) in [6.45, 7) is 6.86. The molecule has 1 unspecified atom stereocenters. The van der Waals surface area contributed by atoms with Crippen LogP contribution in [0.25, 0.3) is 0 Å². The fourth-order valence-electron chi connectivity index (χ4n) is 2.69. The highest BCUT2D eigenvalue weighted by Gasteiger charge is 2.35. The van der Waals surface area contributed by atoms with E-state index in [1.165, 1.54) is 18.5 Å². The minimum absolute atomic E-state index is 0.146. The Bertz CT molecular complexity index is 345. The molecule has 2 nitrogen and oxygen atoms in total. The van der Waals surface area contributed by atoms with Crippen LogP contribution in [0.4, 0.5) is 0 Å². The Balaban J connectivity index is 1.94. The van der Waals surface area contributed by atoms with Gasteiger partial charge in [-0.25, -0.2) is 0 Å². The highest BCUT2D eigenvalue weighted by Crippen LogP contribution is 2.26. The zero-order chi connectivity index (χ0) is 12.3. The van der Waals surface area contributed by atoms with Crippen LogP contribution in [0, 0.1) is 0 Å². The molecule has 0 saturated carbocycles. The lowest BCUT2D eigenvalue weighted by Gasteiger charge is -2.46. The molecule has 0 amide bonds. The maximum atomic E-state index is 6.23. The first kappa shape index (κ1) is 12.6. The maximum absolute atomic E-state index is 6.23. The standard InChI is InChI=1S/C15H24N2/c1-15(2)14(16)9-6-11-17(15)12-10-13-7-4-3-5-8-13/h3-5,7-8,14H,6,9-12,16H2,1-2H3. The van der Waals surface area contributed by atoms with E-state index >= 15 is 0 Å². The largest absolute Gasteiger partial charge is 0.326 e. The summed E-state index contributed by atoms with van der Waals surface area (Å²) >= 11 is 0. The number of nitrogens with zero attached hydrogens (tertiary/aromatic N) is 1. The van der Waals surface area contributed by atoms with Gasteiger partial charge in [-0.15, -0.1) is 0 Å². The van der Waals surface area contributed by atoms with Crippen molar-refractivity contribution in [3.05, 3.63) is 35.9 Å². The van der Waals surface area contributed by atoms with Gasteiger partial charge in [0.1, 0.15) is 0 Å². The van der Waals surface area contributed by atoms with Crippen LogP contribution in [0.5, 0.6) is 0 Å². The number of hydrogen-bond donors (Lipinski definition) is 1. The summed E-state index contributed by atoms with van der Waals surface area (Å²) in [5, 5.41) is 0. The third kappa shape index (κ3) is 2.88. The summed E-state index contributed by atoms with van der Waals surface area (Å²) in [4.78, 5) is 2.55. The van der Waals surface area contributed by atoms with Gasteiger partial charge in [0.05, 0.1) is 0 Å². The lowest BCUT2D eigenvalue weighted by Crippen LogP contribution is -2.59. The molecule has 1 aliphatic heterocycles. The van der Waals surface area contributed by atoms with E-state index in [1.54, 1.807) is 0 Å². The minimum Gasteiger partial charge on any atom is -0.326 e. The minimum atomic E-state index is 0.146. The third-order valence-corrected chi connectivity index (χ3v) is 4.18. The summed E-state index contributed by atoms with van der Waals surface area (Å²) < 4.78 is 0. The molecule has 1 aromatic carbocycles. The molecule has 1 aromatic rings. The Morgan fingerprint density at radius 2 is 2.00 bits per heavy atom. The molecule has 1 saturated heterocycles. The van der Waals surface area contributed by atoms with Crippen LogP contribution in [-0.4, -0.2) is 29.6 Å². The Labute approximate surface area is 105 Å². The molecule has 0 spiro atoms. The number of nitrogens with two attached hydrogens (primary N) is 1. The van der Waals surface area contributed by atoms with Crippen LogP contribution < -0.4 is 5.73 Å². The molecule has 0 bridgehead atoms. The van der Waals surface area contributed by atoms with Crippen molar-refractivity contribution in [1.29, 1.82) is 0 Å². The van der Waals surface area contributed by atoms with Crippen molar-refractivity contribution in [3.8, 4) is 0 Å². The van der Waals surface area contributed by atoms with Crippen molar-refractivity contribution in [1.82, 2.24) is 4.90 Å². The summed E-state index contributed by atoms with van der Waals surface area (Å²) in [6.07, 6.45) is 3.52. The van der Waals surface area contributed by atoms with Crippen molar-refractivity contribution in [2.75, 3.05) is 13.1 Å². The second kappa shape index (κ2) is 5.19. The molecule has 94 valence electrons. The number of hydrogen-bond acceptors (Lipinski definition) is 2. The van der Waals surface area contributed by atoms with Gasteiger partial charge in [0, 0.05) is 18.1 Å². The van der Waals surface area contributed by atoms with Crippen molar-refractivity contribution in [2.45, 2.75) is 44.7 Å². The second-order valence-corrected chi connectivity index (χ2v) is 5.63. The van der Waals surface area contributed by atoms with Crippen LogP contribution in [0.1, 0.15) is 32.3 Å². The first-order valence-electron chi connectivity index (χ1n) is 6.65. The summed E-state index contributed by atoms with van der Waals surface area (Å²) in [5.74, 6) is 0. The first-order chi connectivity index (χ1) is 8.10. The van der Waals surface area contributed by atoms with E-state index < -0.39 is 0 Å². The SMILES string of the molecule is CC1(C)C(N)CCCN1CCc1ccccc1. The zero-order valence-corrected chi connectivity index (χ0v) is 11.0. The van der Waals surface area contributed by atoms with Gasteiger partial charge in [0.25, 0.3) is 0 Å². The molecule has 1 heterocycles. The molecule has 1 fully saturated rings. The predicted octanol–water partition coefficient (Wildman–Crippen LogP) is 2.43. The van der Waals surface area contributed by atoms with E-state index in [-0.39, 0.29) is 5.54 Å².